The first-order valence-corrected chi connectivity index (χ1v) is 10.4. The Hall–Kier alpha value is -3.20. The minimum Gasteiger partial charge on any atom is -0.459 e. The maximum atomic E-state index is 12.6. The highest BCUT2D eigenvalue weighted by atomic mass is 35.5. The van der Waals surface area contributed by atoms with Crippen LogP contribution in [0.3, 0.4) is 0 Å². The van der Waals surface area contributed by atoms with Crippen LogP contribution in [-0.4, -0.2) is 16.9 Å². The van der Waals surface area contributed by atoms with Crippen LogP contribution >= 0.6 is 35.2 Å². The van der Waals surface area contributed by atoms with Crippen LogP contribution in [0.2, 0.25) is 5.02 Å². The molecule has 2 aromatic carbocycles. The van der Waals surface area contributed by atoms with Crippen molar-refractivity contribution in [2.24, 2.45) is 0 Å². The average molecular weight is 456 g/mol. The number of furan rings is 1. The van der Waals surface area contributed by atoms with E-state index in [2.05, 4.69) is 16.0 Å². The first-order valence-electron chi connectivity index (χ1n) is 8.75. The first-order chi connectivity index (χ1) is 14.5. The molecule has 0 spiro atoms. The molecule has 0 bridgehead atoms. The summed E-state index contributed by atoms with van der Waals surface area (Å²) in [4.78, 5) is 25.1. The number of thiophene rings is 1. The molecular weight excluding hydrogens is 442 g/mol. The van der Waals surface area contributed by atoms with Crippen LogP contribution in [-0.2, 0) is 0 Å². The summed E-state index contributed by atoms with van der Waals surface area (Å²) >= 11 is 12.9. The van der Waals surface area contributed by atoms with Crippen LogP contribution in [0.15, 0.2) is 71.3 Å². The minimum absolute atomic E-state index is 0.114. The second-order valence-corrected chi connectivity index (χ2v) is 8.00. The van der Waals surface area contributed by atoms with E-state index in [-0.39, 0.29) is 22.7 Å². The lowest BCUT2D eigenvalue weighted by Crippen LogP contribution is -2.33. The molecule has 0 aliphatic carbocycles. The first kappa shape index (κ1) is 20.1. The second kappa shape index (κ2) is 8.66. The summed E-state index contributed by atoms with van der Waals surface area (Å²) in [6, 6.07) is 17.6. The highest BCUT2D eigenvalue weighted by Crippen LogP contribution is 2.35. The number of fused-ring (bicyclic) bond motifs is 1. The fraction of sp³-hybridized carbons (Fsp3) is 0. The Morgan fingerprint density at radius 1 is 0.933 bits per heavy atom. The number of hydrogen-bond donors (Lipinski definition) is 3. The van der Waals surface area contributed by atoms with Crippen molar-refractivity contribution in [3.05, 3.63) is 82.6 Å². The molecule has 2 heterocycles. The lowest BCUT2D eigenvalue weighted by atomic mass is 10.2. The zero-order chi connectivity index (χ0) is 21.1. The van der Waals surface area contributed by atoms with Crippen molar-refractivity contribution >= 4 is 73.5 Å². The van der Waals surface area contributed by atoms with Gasteiger partial charge in [-0.2, -0.15) is 0 Å². The van der Waals surface area contributed by atoms with E-state index < -0.39 is 0 Å². The van der Waals surface area contributed by atoms with E-state index >= 15 is 0 Å². The lowest BCUT2D eigenvalue weighted by Gasteiger charge is -2.11. The molecule has 0 aliphatic rings. The van der Waals surface area contributed by atoms with E-state index in [1.807, 2.05) is 24.3 Å². The topological polar surface area (TPSA) is 83.4 Å². The molecule has 9 heteroatoms. The van der Waals surface area contributed by atoms with Gasteiger partial charge in [0.1, 0.15) is 4.88 Å². The van der Waals surface area contributed by atoms with Gasteiger partial charge >= 0.3 is 0 Å². The number of carbonyl (C=O) groups excluding carboxylic acids is 2. The van der Waals surface area contributed by atoms with Crippen molar-refractivity contribution in [2.45, 2.75) is 0 Å². The smallest absolute Gasteiger partial charge is 0.291 e. The molecule has 4 rings (SSSR count). The predicted octanol–water partition coefficient (Wildman–Crippen LogP) is 5.53. The van der Waals surface area contributed by atoms with Gasteiger partial charge in [-0.15, -0.1) is 11.3 Å². The number of nitrogens with one attached hydrogen (secondary N) is 3. The molecule has 0 saturated heterocycles. The SMILES string of the molecule is O=C(Nc1cccc(NC(=S)NC(=O)c2sc3ccccc3c2Cl)c1)c1ccco1. The van der Waals surface area contributed by atoms with Gasteiger partial charge in [0.2, 0.25) is 0 Å². The maximum Gasteiger partial charge on any atom is 0.291 e. The van der Waals surface area contributed by atoms with Crippen LogP contribution in [0.5, 0.6) is 0 Å². The summed E-state index contributed by atoms with van der Waals surface area (Å²) in [6.45, 7) is 0. The average Bonchev–Trinajstić information content (AvgIpc) is 3.37. The summed E-state index contributed by atoms with van der Waals surface area (Å²) in [5.41, 5.74) is 1.14. The third-order valence-electron chi connectivity index (χ3n) is 4.09. The number of rotatable bonds is 4. The quantitative estimate of drug-likeness (QED) is 0.352. The molecule has 0 saturated carbocycles. The number of thiocarbonyl (C=S) groups is 1. The fourth-order valence-electron chi connectivity index (χ4n) is 2.76. The Bertz CT molecular complexity index is 1250. The molecule has 0 aliphatic heterocycles. The predicted molar refractivity (Wildman–Crippen MR) is 124 cm³/mol. The van der Waals surface area contributed by atoms with E-state index in [0.29, 0.717) is 21.3 Å². The Labute approximate surface area is 185 Å². The summed E-state index contributed by atoms with van der Waals surface area (Å²) in [7, 11) is 0. The van der Waals surface area contributed by atoms with E-state index in [4.69, 9.17) is 28.2 Å². The molecule has 2 aromatic heterocycles. The van der Waals surface area contributed by atoms with Gasteiger partial charge in [-0.05, 0) is 48.6 Å². The summed E-state index contributed by atoms with van der Waals surface area (Å²) in [5.74, 6) is -0.551. The van der Waals surface area contributed by atoms with E-state index in [1.165, 1.54) is 17.6 Å². The van der Waals surface area contributed by atoms with Crippen molar-refractivity contribution in [3.8, 4) is 0 Å². The molecule has 150 valence electrons. The summed E-state index contributed by atoms with van der Waals surface area (Å²) < 4.78 is 6.00. The Kier molecular flexibility index (Phi) is 5.80. The molecule has 0 atom stereocenters. The molecule has 30 heavy (non-hydrogen) atoms. The second-order valence-electron chi connectivity index (χ2n) is 6.16. The number of amides is 2. The van der Waals surface area contributed by atoms with Gasteiger partial charge in [0.15, 0.2) is 10.9 Å². The van der Waals surface area contributed by atoms with Gasteiger partial charge in [0.25, 0.3) is 11.8 Å². The molecule has 6 nitrogen and oxygen atoms in total. The molecule has 0 fully saturated rings. The molecule has 0 radical (unpaired) electrons. The standard InChI is InChI=1S/C21H14ClN3O3S2/c22-17-14-7-1-2-9-16(14)30-18(17)20(27)25-21(29)24-13-6-3-5-12(11-13)23-19(26)15-8-4-10-28-15/h1-11H,(H,23,26)(H2,24,25,27,29). The Morgan fingerprint density at radius 2 is 1.70 bits per heavy atom. The third kappa shape index (κ3) is 4.35. The molecule has 3 N–H and O–H groups in total. The zero-order valence-corrected chi connectivity index (χ0v) is 17.7. The number of benzene rings is 2. The van der Waals surface area contributed by atoms with Crippen molar-refractivity contribution in [1.29, 1.82) is 0 Å². The minimum atomic E-state index is -0.388. The van der Waals surface area contributed by atoms with E-state index in [1.54, 1.807) is 36.4 Å². The molecule has 4 aromatic rings. The summed E-state index contributed by atoms with van der Waals surface area (Å²) in [6.07, 6.45) is 1.43. The summed E-state index contributed by atoms with van der Waals surface area (Å²) in [5, 5.41) is 9.63. The highest BCUT2D eigenvalue weighted by molar-refractivity contribution is 7.80. The van der Waals surface area contributed by atoms with Gasteiger partial charge in [-0.3, -0.25) is 14.9 Å². The molecular formula is C21H14ClN3O3S2. The van der Waals surface area contributed by atoms with Gasteiger partial charge in [-0.25, -0.2) is 0 Å². The number of carbonyl (C=O) groups is 2. The normalized spacial score (nSPS) is 10.6. The lowest BCUT2D eigenvalue weighted by molar-refractivity contribution is 0.0978. The Balaban J connectivity index is 1.41. The van der Waals surface area contributed by atoms with Crippen LogP contribution in [0, 0.1) is 0 Å². The number of halogens is 1. The zero-order valence-electron chi connectivity index (χ0n) is 15.3. The van der Waals surface area contributed by atoms with Gasteiger partial charge < -0.3 is 15.1 Å². The van der Waals surface area contributed by atoms with Crippen LogP contribution in [0.4, 0.5) is 11.4 Å². The van der Waals surface area contributed by atoms with Crippen molar-refractivity contribution in [1.82, 2.24) is 5.32 Å². The van der Waals surface area contributed by atoms with Crippen LogP contribution in [0.25, 0.3) is 10.1 Å². The Morgan fingerprint density at radius 3 is 2.43 bits per heavy atom. The monoisotopic (exact) mass is 455 g/mol. The largest absolute Gasteiger partial charge is 0.459 e. The van der Waals surface area contributed by atoms with Gasteiger partial charge in [0, 0.05) is 21.5 Å². The molecule has 0 unspecified atom stereocenters. The van der Waals surface area contributed by atoms with Crippen molar-refractivity contribution in [2.75, 3.05) is 10.6 Å². The third-order valence-corrected chi connectivity index (χ3v) is 5.97. The van der Waals surface area contributed by atoms with Crippen LogP contribution in [0.1, 0.15) is 20.2 Å². The number of hydrogen-bond acceptors (Lipinski definition) is 5. The van der Waals surface area contributed by atoms with E-state index in [0.717, 1.165) is 10.1 Å². The maximum absolute atomic E-state index is 12.6. The van der Waals surface area contributed by atoms with Crippen molar-refractivity contribution < 1.29 is 14.0 Å². The van der Waals surface area contributed by atoms with Crippen LogP contribution < -0.4 is 16.0 Å². The fourth-order valence-corrected chi connectivity index (χ4v) is 4.38. The van der Waals surface area contributed by atoms with Gasteiger partial charge in [0.05, 0.1) is 11.3 Å². The highest BCUT2D eigenvalue weighted by Gasteiger charge is 2.18. The molecule has 2 amide bonds. The van der Waals surface area contributed by atoms with Gasteiger partial charge in [-0.1, -0.05) is 35.9 Å². The number of anilines is 2. The van der Waals surface area contributed by atoms with E-state index in [9.17, 15) is 9.59 Å². The van der Waals surface area contributed by atoms with Crippen molar-refractivity contribution in [3.63, 3.8) is 0 Å².